The minimum absolute atomic E-state index is 0.740. The topological polar surface area (TPSA) is 35.8 Å². The lowest BCUT2D eigenvalue weighted by molar-refractivity contribution is 1.01. The molecule has 102 valence electrons. The molecule has 0 atom stereocenters. The van der Waals surface area contributed by atoms with Crippen molar-refractivity contribution in [3.8, 4) is 6.07 Å². The average Bonchev–Trinajstić information content (AvgIpc) is 2.47. The van der Waals surface area contributed by atoms with Gasteiger partial charge in [-0.15, -0.1) is 11.8 Å². The second kappa shape index (κ2) is 7.02. The standard InChI is InChI=1S/C17H18N2S/c1-13-5-3-6-14(11-13)9-10-19-16-7-4-8-17(20-2)15(16)12-18/h3-8,11,19H,9-10H2,1-2H3. The van der Waals surface area contributed by atoms with Crippen molar-refractivity contribution in [1.29, 1.82) is 5.26 Å². The zero-order valence-electron chi connectivity index (χ0n) is 11.8. The highest BCUT2D eigenvalue weighted by Crippen LogP contribution is 2.26. The van der Waals surface area contributed by atoms with E-state index in [9.17, 15) is 5.26 Å². The highest BCUT2D eigenvalue weighted by atomic mass is 32.2. The molecule has 0 aliphatic rings. The number of hydrogen-bond donors (Lipinski definition) is 1. The zero-order valence-corrected chi connectivity index (χ0v) is 12.6. The Balaban J connectivity index is 2.03. The predicted molar refractivity (Wildman–Crippen MR) is 86.3 cm³/mol. The summed E-state index contributed by atoms with van der Waals surface area (Å²) in [5.41, 5.74) is 4.26. The van der Waals surface area contributed by atoms with Crippen LogP contribution < -0.4 is 5.32 Å². The van der Waals surface area contributed by atoms with Crippen LogP contribution in [0.4, 0.5) is 5.69 Å². The molecule has 0 spiro atoms. The van der Waals surface area contributed by atoms with E-state index in [-0.39, 0.29) is 0 Å². The number of hydrogen-bond acceptors (Lipinski definition) is 3. The van der Waals surface area contributed by atoms with E-state index in [4.69, 9.17) is 0 Å². The maximum Gasteiger partial charge on any atom is 0.102 e. The van der Waals surface area contributed by atoms with Gasteiger partial charge >= 0.3 is 0 Å². The Morgan fingerprint density at radius 2 is 2.00 bits per heavy atom. The normalized spacial score (nSPS) is 10.1. The zero-order chi connectivity index (χ0) is 14.4. The Hall–Kier alpha value is -1.92. The molecule has 0 amide bonds. The van der Waals surface area contributed by atoms with E-state index < -0.39 is 0 Å². The van der Waals surface area contributed by atoms with Crippen LogP contribution in [0.1, 0.15) is 16.7 Å². The van der Waals surface area contributed by atoms with Crippen molar-refractivity contribution < 1.29 is 0 Å². The van der Waals surface area contributed by atoms with Gasteiger partial charge in [0.05, 0.1) is 11.3 Å². The number of nitriles is 1. The molecule has 0 bridgehead atoms. The number of nitrogens with one attached hydrogen (secondary N) is 1. The summed E-state index contributed by atoms with van der Waals surface area (Å²) in [6.07, 6.45) is 2.95. The lowest BCUT2D eigenvalue weighted by atomic mass is 10.1. The summed E-state index contributed by atoms with van der Waals surface area (Å²) >= 11 is 1.60. The lowest BCUT2D eigenvalue weighted by Gasteiger charge is -2.10. The fourth-order valence-corrected chi connectivity index (χ4v) is 2.75. The Labute approximate surface area is 124 Å². The maximum atomic E-state index is 9.28. The van der Waals surface area contributed by atoms with Gasteiger partial charge in [-0.2, -0.15) is 5.26 Å². The lowest BCUT2D eigenvalue weighted by Crippen LogP contribution is -2.06. The SMILES string of the molecule is CSc1cccc(NCCc2cccc(C)c2)c1C#N. The Morgan fingerprint density at radius 3 is 2.70 bits per heavy atom. The van der Waals surface area contributed by atoms with Crippen LogP contribution in [-0.4, -0.2) is 12.8 Å². The molecule has 0 fully saturated rings. The molecule has 0 heterocycles. The van der Waals surface area contributed by atoms with E-state index in [1.165, 1.54) is 11.1 Å². The van der Waals surface area contributed by atoms with Gasteiger partial charge in [-0.05, 0) is 37.3 Å². The van der Waals surface area contributed by atoms with Crippen LogP contribution in [0.5, 0.6) is 0 Å². The highest BCUT2D eigenvalue weighted by Gasteiger charge is 2.06. The van der Waals surface area contributed by atoms with Crippen LogP contribution in [0.15, 0.2) is 47.4 Å². The molecule has 2 rings (SSSR count). The van der Waals surface area contributed by atoms with E-state index in [1.54, 1.807) is 11.8 Å². The van der Waals surface area contributed by atoms with Crippen LogP contribution in [-0.2, 0) is 6.42 Å². The molecule has 1 N–H and O–H groups in total. The third-order valence-corrected chi connectivity index (χ3v) is 3.95. The first kappa shape index (κ1) is 14.5. The maximum absolute atomic E-state index is 9.28. The van der Waals surface area contributed by atoms with Crippen LogP contribution in [0.25, 0.3) is 0 Å². The van der Waals surface area contributed by atoms with Crippen LogP contribution in [0.3, 0.4) is 0 Å². The van der Waals surface area contributed by atoms with Crippen molar-refractivity contribution in [3.63, 3.8) is 0 Å². The van der Waals surface area contributed by atoms with Crippen molar-refractivity contribution in [2.24, 2.45) is 0 Å². The molecule has 0 saturated carbocycles. The third-order valence-electron chi connectivity index (χ3n) is 3.17. The first-order valence-corrected chi connectivity index (χ1v) is 7.83. The van der Waals surface area contributed by atoms with E-state index in [1.807, 2.05) is 24.5 Å². The first-order chi connectivity index (χ1) is 9.74. The van der Waals surface area contributed by atoms with E-state index >= 15 is 0 Å². The van der Waals surface area contributed by atoms with Gasteiger partial charge in [-0.25, -0.2) is 0 Å². The summed E-state index contributed by atoms with van der Waals surface area (Å²) in [5.74, 6) is 0. The Kier molecular flexibility index (Phi) is 5.09. The van der Waals surface area contributed by atoms with E-state index in [0.29, 0.717) is 0 Å². The fraction of sp³-hybridized carbons (Fsp3) is 0.235. The Bertz CT molecular complexity index is 629. The van der Waals surface area contributed by atoms with Gasteiger partial charge in [-0.3, -0.25) is 0 Å². The van der Waals surface area contributed by atoms with Gasteiger partial charge < -0.3 is 5.32 Å². The summed E-state index contributed by atoms with van der Waals surface area (Å²) in [6.45, 7) is 2.93. The second-order valence-electron chi connectivity index (χ2n) is 4.66. The van der Waals surface area contributed by atoms with Crippen molar-refractivity contribution in [1.82, 2.24) is 0 Å². The predicted octanol–water partition coefficient (Wildman–Crippen LogP) is 4.24. The minimum atomic E-state index is 0.740. The molecule has 0 saturated heterocycles. The van der Waals surface area contributed by atoms with Crippen molar-refractivity contribution >= 4 is 17.4 Å². The molecule has 2 nitrogen and oxygen atoms in total. The summed E-state index contributed by atoms with van der Waals surface area (Å²) in [4.78, 5) is 1.02. The molecule has 0 unspecified atom stereocenters. The molecule has 2 aromatic rings. The number of thioether (sulfide) groups is 1. The number of benzene rings is 2. The summed E-state index contributed by atoms with van der Waals surface area (Å²) in [7, 11) is 0. The smallest absolute Gasteiger partial charge is 0.102 e. The molecule has 20 heavy (non-hydrogen) atoms. The molecule has 3 heteroatoms. The quantitative estimate of drug-likeness (QED) is 0.833. The van der Waals surface area contributed by atoms with Crippen molar-refractivity contribution in [2.45, 2.75) is 18.2 Å². The number of nitrogens with zero attached hydrogens (tertiary/aromatic N) is 1. The second-order valence-corrected chi connectivity index (χ2v) is 5.51. The number of aryl methyl sites for hydroxylation is 1. The minimum Gasteiger partial charge on any atom is -0.384 e. The molecular weight excluding hydrogens is 264 g/mol. The highest BCUT2D eigenvalue weighted by molar-refractivity contribution is 7.98. The molecule has 2 aromatic carbocycles. The molecule has 0 aliphatic heterocycles. The van der Waals surface area contributed by atoms with E-state index in [2.05, 4.69) is 42.6 Å². The van der Waals surface area contributed by atoms with Crippen LogP contribution in [0.2, 0.25) is 0 Å². The van der Waals surface area contributed by atoms with Crippen LogP contribution in [0, 0.1) is 18.3 Å². The fourth-order valence-electron chi connectivity index (χ4n) is 2.17. The Morgan fingerprint density at radius 1 is 1.20 bits per heavy atom. The van der Waals surface area contributed by atoms with Gasteiger partial charge in [0, 0.05) is 11.4 Å². The summed E-state index contributed by atoms with van der Waals surface area (Å²) < 4.78 is 0. The van der Waals surface area contributed by atoms with Crippen molar-refractivity contribution in [2.75, 3.05) is 18.1 Å². The summed E-state index contributed by atoms with van der Waals surface area (Å²) in [5, 5.41) is 12.7. The molecular formula is C17H18N2S. The number of anilines is 1. The van der Waals surface area contributed by atoms with Gasteiger partial charge in [0.1, 0.15) is 6.07 Å². The summed E-state index contributed by atoms with van der Waals surface area (Å²) in [6, 6.07) is 16.7. The monoisotopic (exact) mass is 282 g/mol. The van der Waals surface area contributed by atoms with Gasteiger partial charge in [0.25, 0.3) is 0 Å². The van der Waals surface area contributed by atoms with Crippen LogP contribution >= 0.6 is 11.8 Å². The molecule has 0 aromatic heterocycles. The van der Waals surface area contributed by atoms with E-state index in [0.717, 1.165) is 29.1 Å². The largest absolute Gasteiger partial charge is 0.384 e. The average molecular weight is 282 g/mol. The number of rotatable bonds is 5. The van der Waals surface area contributed by atoms with Gasteiger partial charge in [0.15, 0.2) is 0 Å². The molecule has 0 radical (unpaired) electrons. The van der Waals surface area contributed by atoms with Crippen molar-refractivity contribution in [3.05, 3.63) is 59.2 Å². The first-order valence-electron chi connectivity index (χ1n) is 6.61. The molecule has 0 aliphatic carbocycles. The third kappa shape index (κ3) is 3.55. The van der Waals surface area contributed by atoms with Gasteiger partial charge in [0.2, 0.25) is 0 Å². The van der Waals surface area contributed by atoms with Gasteiger partial charge in [-0.1, -0.05) is 35.9 Å².